The van der Waals surface area contributed by atoms with E-state index in [1.807, 2.05) is 23.5 Å². The Bertz CT molecular complexity index is 2840. The van der Waals surface area contributed by atoms with E-state index in [0.29, 0.717) is 0 Å². The number of hydrogen-bond acceptors (Lipinski definition) is 4. The van der Waals surface area contributed by atoms with Crippen molar-refractivity contribution in [1.29, 1.82) is 0 Å². The summed E-state index contributed by atoms with van der Waals surface area (Å²) in [6, 6.07) is 69.2. The molecule has 0 aliphatic rings. The van der Waals surface area contributed by atoms with Crippen LogP contribution in [0, 0.1) is 0 Å². The Kier molecular flexibility index (Phi) is 7.33. The molecule has 2 aromatic heterocycles. The fourth-order valence-electron chi connectivity index (χ4n) is 7.44. The Morgan fingerprint density at radius 3 is 1.67 bits per heavy atom. The Balaban J connectivity index is 1.16. The summed E-state index contributed by atoms with van der Waals surface area (Å²) in [6.45, 7) is 0. The van der Waals surface area contributed by atoms with Gasteiger partial charge >= 0.3 is 0 Å². The number of nitrogens with zero attached hydrogens (tertiary/aromatic N) is 2. The van der Waals surface area contributed by atoms with E-state index >= 15 is 0 Å². The van der Waals surface area contributed by atoms with Crippen LogP contribution >= 0.6 is 11.3 Å². The van der Waals surface area contributed by atoms with Gasteiger partial charge in [-0.3, -0.25) is 0 Å². The number of benzene rings is 8. The third kappa shape index (κ3) is 5.20. The van der Waals surface area contributed by atoms with Crippen LogP contribution < -0.4 is 9.80 Å². The van der Waals surface area contributed by atoms with Crippen molar-refractivity contribution in [1.82, 2.24) is 0 Å². The molecular weight excluding hydrogens is 653 g/mol. The summed E-state index contributed by atoms with van der Waals surface area (Å²) in [4.78, 5) is 4.74. The molecule has 3 nitrogen and oxygen atoms in total. The van der Waals surface area contributed by atoms with E-state index in [9.17, 15) is 0 Å². The molecule has 0 amide bonds. The first-order chi connectivity index (χ1) is 25.8. The molecule has 0 aliphatic heterocycles. The Morgan fingerprint density at radius 2 is 0.904 bits per heavy atom. The summed E-state index contributed by atoms with van der Waals surface area (Å²) >= 11 is 1.84. The highest BCUT2D eigenvalue weighted by molar-refractivity contribution is 7.26. The molecule has 0 aliphatic carbocycles. The predicted molar refractivity (Wildman–Crippen MR) is 221 cm³/mol. The van der Waals surface area contributed by atoms with E-state index in [4.69, 9.17) is 4.42 Å². The molecule has 10 aromatic rings. The van der Waals surface area contributed by atoms with E-state index in [2.05, 4.69) is 192 Å². The topological polar surface area (TPSA) is 19.6 Å². The van der Waals surface area contributed by atoms with Crippen LogP contribution in [0.3, 0.4) is 0 Å². The second kappa shape index (κ2) is 12.6. The zero-order chi connectivity index (χ0) is 34.4. The van der Waals surface area contributed by atoms with Gasteiger partial charge in [0.15, 0.2) is 0 Å². The standard InChI is InChI=1S/C48H32N2OS/c1-4-13-33(14-5-1)34-23-25-37(26-24-34)49(35-15-6-2-7-16-35)38-28-30-46-42(32-38)48-43(20-12-22-47(48)52-46)50(36-17-8-3-9-18-36)39-27-29-45-41(31-39)40-19-10-11-21-44(40)51-45/h1-32H. The normalized spacial score (nSPS) is 11.5. The largest absolute Gasteiger partial charge is 0.456 e. The van der Waals surface area contributed by atoms with Crippen molar-refractivity contribution in [2.45, 2.75) is 0 Å². The summed E-state index contributed by atoms with van der Waals surface area (Å²) in [7, 11) is 0. The van der Waals surface area contributed by atoms with Crippen molar-refractivity contribution < 1.29 is 4.42 Å². The third-order valence-corrected chi connectivity index (χ3v) is 11.0. The molecule has 0 saturated heterocycles. The fourth-order valence-corrected chi connectivity index (χ4v) is 8.54. The van der Waals surface area contributed by atoms with Crippen molar-refractivity contribution in [3.63, 3.8) is 0 Å². The second-order valence-electron chi connectivity index (χ2n) is 13.0. The maximum absolute atomic E-state index is 6.23. The van der Waals surface area contributed by atoms with Crippen LogP contribution in [-0.4, -0.2) is 0 Å². The molecule has 0 spiro atoms. The quantitative estimate of drug-likeness (QED) is 0.167. The van der Waals surface area contributed by atoms with Gasteiger partial charge in [0.2, 0.25) is 0 Å². The summed E-state index contributed by atoms with van der Waals surface area (Å²) in [5.41, 5.74) is 10.8. The average molecular weight is 685 g/mol. The molecule has 0 saturated carbocycles. The minimum Gasteiger partial charge on any atom is -0.456 e. The number of fused-ring (bicyclic) bond motifs is 6. The zero-order valence-electron chi connectivity index (χ0n) is 28.2. The van der Waals surface area contributed by atoms with Crippen LogP contribution in [0.4, 0.5) is 34.1 Å². The van der Waals surface area contributed by atoms with Crippen molar-refractivity contribution in [2.75, 3.05) is 9.80 Å². The van der Waals surface area contributed by atoms with Gasteiger partial charge in [-0.1, -0.05) is 103 Å². The first kappa shape index (κ1) is 30.2. The first-order valence-corrected chi connectivity index (χ1v) is 18.3. The summed E-state index contributed by atoms with van der Waals surface area (Å²) in [5.74, 6) is 0. The average Bonchev–Trinajstić information content (AvgIpc) is 3.78. The second-order valence-corrected chi connectivity index (χ2v) is 14.1. The lowest BCUT2D eigenvalue weighted by Gasteiger charge is -2.27. The SMILES string of the molecule is c1ccc(-c2ccc(N(c3ccccc3)c3ccc4sc5cccc(N(c6ccccc6)c6ccc7oc8ccccc8c7c6)c5c4c3)cc2)cc1. The molecule has 0 radical (unpaired) electrons. The summed E-state index contributed by atoms with van der Waals surface area (Å²) < 4.78 is 8.73. The molecule has 0 bridgehead atoms. The number of para-hydroxylation sites is 3. The number of furan rings is 1. The van der Waals surface area contributed by atoms with Gasteiger partial charge in [0, 0.05) is 59.4 Å². The lowest BCUT2D eigenvalue weighted by molar-refractivity contribution is 0.669. The van der Waals surface area contributed by atoms with Crippen LogP contribution in [0.1, 0.15) is 0 Å². The van der Waals surface area contributed by atoms with Gasteiger partial charge in [0.1, 0.15) is 11.2 Å². The minimum atomic E-state index is 0.889. The van der Waals surface area contributed by atoms with Crippen molar-refractivity contribution in [3.8, 4) is 11.1 Å². The smallest absolute Gasteiger partial charge is 0.135 e. The van der Waals surface area contributed by atoms with Crippen molar-refractivity contribution >= 4 is 87.6 Å². The first-order valence-electron chi connectivity index (χ1n) is 17.5. The van der Waals surface area contributed by atoms with E-state index < -0.39 is 0 Å². The van der Waals surface area contributed by atoms with Gasteiger partial charge in [-0.25, -0.2) is 0 Å². The summed E-state index contributed by atoms with van der Waals surface area (Å²) in [6.07, 6.45) is 0. The van der Waals surface area contributed by atoms with E-state index in [1.54, 1.807) is 0 Å². The summed E-state index contributed by atoms with van der Waals surface area (Å²) in [5, 5.41) is 4.69. The van der Waals surface area contributed by atoms with Gasteiger partial charge in [-0.05, 0) is 102 Å². The zero-order valence-corrected chi connectivity index (χ0v) is 29.0. The number of anilines is 6. The third-order valence-electron chi connectivity index (χ3n) is 9.84. The van der Waals surface area contributed by atoms with Gasteiger partial charge in [0.05, 0.1) is 5.69 Å². The monoisotopic (exact) mass is 684 g/mol. The molecule has 0 unspecified atom stereocenters. The number of hydrogen-bond donors (Lipinski definition) is 0. The van der Waals surface area contributed by atoms with Crippen molar-refractivity contribution in [3.05, 3.63) is 194 Å². The molecule has 246 valence electrons. The van der Waals surface area contributed by atoms with E-state index in [0.717, 1.165) is 56.1 Å². The highest BCUT2D eigenvalue weighted by atomic mass is 32.1. The lowest BCUT2D eigenvalue weighted by atomic mass is 10.0. The van der Waals surface area contributed by atoms with E-state index in [1.165, 1.54) is 31.3 Å². The van der Waals surface area contributed by atoms with Crippen LogP contribution in [0.2, 0.25) is 0 Å². The predicted octanol–water partition coefficient (Wildman–Crippen LogP) is 14.6. The number of rotatable bonds is 7. The molecule has 0 atom stereocenters. The van der Waals surface area contributed by atoms with Crippen LogP contribution in [0.15, 0.2) is 199 Å². The molecular formula is C48H32N2OS. The van der Waals surface area contributed by atoms with Crippen LogP contribution in [-0.2, 0) is 0 Å². The maximum Gasteiger partial charge on any atom is 0.135 e. The molecule has 4 heteroatoms. The van der Waals surface area contributed by atoms with Gasteiger partial charge in [0.25, 0.3) is 0 Å². The fraction of sp³-hybridized carbons (Fsp3) is 0. The molecule has 0 N–H and O–H groups in total. The molecule has 2 heterocycles. The van der Waals surface area contributed by atoms with Crippen LogP contribution in [0.25, 0.3) is 53.2 Å². The van der Waals surface area contributed by atoms with Crippen molar-refractivity contribution in [2.24, 2.45) is 0 Å². The Morgan fingerprint density at radius 1 is 0.346 bits per heavy atom. The van der Waals surface area contributed by atoms with Gasteiger partial charge in [-0.2, -0.15) is 0 Å². The van der Waals surface area contributed by atoms with E-state index in [-0.39, 0.29) is 0 Å². The molecule has 8 aromatic carbocycles. The Labute approximate surface area is 305 Å². The van der Waals surface area contributed by atoms with Crippen LogP contribution in [0.5, 0.6) is 0 Å². The van der Waals surface area contributed by atoms with Gasteiger partial charge in [-0.15, -0.1) is 11.3 Å². The highest BCUT2D eigenvalue weighted by Crippen LogP contribution is 2.47. The Hall–Kier alpha value is -6.62. The lowest BCUT2D eigenvalue weighted by Crippen LogP contribution is -2.10. The maximum atomic E-state index is 6.23. The molecule has 10 rings (SSSR count). The number of thiophene rings is 1. The molecule has 0 fully saturated rings. The van der Waals surface area contributed by atoms with Gasteiger partial charge < -0.3 is 14.2 Å². The highest BCUT2D eigenvalue weighted by Gasteiger charge is 2.21. The minimum absolute atomic E-state index is 0.889. The molecule has 52 heavy (non-hydrogen) atoms.